The molecule has 1 aromatic rings. The highest BCUT2D eigenvalue weighted by atomic mass is 32.1. The van der Waals surface area contributed by atoms with Crippen molar-refractivity contribution in [2.75, 3.05) is 19.3 Å². The fourth-order valence-electron chi connectivity index (χ4n) is 3.02. The van der Waals surface area contributed by atoms with Crippen molar-refractivity contribution in [2.45, 2.75) is 32.2 Å². The maximum Gasteiger partial charge on any atom is 0.123 e. The molecule has 1 nitrogen and oxygen atoms in total. The summed E-state index contributed by atoms with van der Waals surface area (Å²) >= 11 is 4.54. The van der Waals surface area contributed by atoms with Crippen molar-refractivity contribution in [1.29, 1.82) is 0 Å². The van der Waals surface area contributed by atoms with Crippen LogP contribution in [0.15, 0.2) is 24.3 Å². The van der Waals surface area contributed by atoms with E-state index < -0.39 is 0 Å². The number of benzene rings is 1. The molecular weight excluding hydrogens is 245 g/mol. The zero-order valence-electron chi connectivity index (χ0n) is 11.0. The summed E-state index contributed by atoms with van der Waals surface area (Å²) in [5.41, 5.74) is 1.57. The van der Waals surface area contributed by atoms with Crippen molar-refractivity contribution in [3.8, 4) is 0 Å². The molecule has 1 fully saturated rings. The van der Waals surface area contributed by atoms with Crippen LogP contribution in [-0.2, 0) is 6.54 Å². The van der Waals surface area contributed by atoms with Crippen molar-refractivity contribution in [3.05, 3.63) is 35.6 Å². The smallest absolute Gasteiger partial charge is 0.123 e. The van der Waals surface area contributed by atoms with Crippen LogP contribution in [-0.4, -0.2) is 24.2 Å². The molecule has 0 heterocycles. The van der Waals surface area contributed by atoms with Gasteiger partial charge in [0.2, 0.25) is 0 Å². The van der Waals surface area contributed by atoms with Crippen LogP contribution < -0.4 is 0 Å². The SMILES string of the molecule is CN(Cc1ccc(F)cc1)CC1(CS)CCCC1. The molecule has 0 saturated heterocycles. The lowest BCUT2D eigenvalue weighted by molar-refractivity contribution is 0.196. The number of thiol groups is 1. The van der Waals surface area contributed by atoms with Crippen LogP contribution in [0, 0.1) is 11.2 Å². The zero-order valence-corrected chi connectivity index (χ0v) is 11.9. The van der Waals surface area contributed by atoms with E-state index in [-0.39, 0.29) is 5.82 Å². The molecule has 1 aliphatic carbocycles. The Hall–Kier alpha value is -0.540. The average Bonchev–Trinajstić information content (AvgIpc) is 2.81. The average molecular weight is 267 g/mol. The summed E-state index contributed by atoms with van der Waals surface area (Å²) in [7, 11) is 2.15. The first-order valence-corrected chi connectivity index (χ1v) is 7.31. The lowest BCUT2D eigenvalue weighted by atomic mass is 9.88. The molecule has 1 saturated carbocycles. The van der Waals surface area contributed by atoms with E-state index in [2.05, 4.69) is 24.6 Å². The molecule has 18 heavy (non-hydrogen) atoms. The van der Waals surface area contributed by atoms with Crippen molar-refractivity contribution >= 4 is 12.6 Å². The number of hydrogen-bond acceptors (Lipinski definition) is 2. The van der Waals surface area contributed by atoms with Crippen molar-refractivity contribution in [2.24, 2.45) is 5.41 Å². The topological polar surface area (TPSA) is 3.24 Å². The van der Waals surface area contributed by atoms with E-state index in [1.807, 2.05) is 12.1 Å². The fourth-order valence-corrected chi connectivity index (χ4v) is 3.44. The van der Waals surface area contributed by atoms with Crippen LogP contribution in [0.1, 0.15) is 31.2 Å². The number of halogens is 1. The number of rotatable bonds is 5. The summed E-state index contributed by atoms with van der Waals surface area (Å²) in [4.78, 5) is 2.34. The minimum absolute atomic E-state index is 0.163. The second-order valence-corrected chi connectivity index (χ2v) is 5.98. The predicted molar refractivity (Wildman–Crippen MR) is 77.5 cm³/mol. The monoisotopic (exact) mass is 267 g/mol. The van der Waals surface area contributed by atoms with Gasteiger partial charge < -0.3 is 4.90 Å². The van der Waals surface area contributed by atoms with E-state index in [0.717, 1.165) is 18.8 Å². The highest BCUT2D eigenvalue weighted by Crippen LogP contribution is 2.39. The Morgan fingerprint density at radius 2 is 1.83 bits per heavy atom. The van der Waals surface area contributed by atoms with Gasteiger partial charge in [-0.25, -0.2) is 4.39 Å². The second-order valence-electron chi connectivity index (χ2n) is 5.66. The van der Waals surface area contributed by atoms with Crippen LogP contribution in [0.3, 0.4) is 0 Å². The third kappa shape index (κ3) is 3.48. The van der Waals surface area contributed by atoms with Gasteiger partial charge in [-0.05, 0) is 48.8 Å². The zero-order chi connectivity index (χ0) is 13.0. The summed E-state index contributed by atoms with van der Waals surface area (Å²) in [5.74, 6) is 0.810. The molecule has 0 aliphatic heterocycles. The highest BCUT2D eigenvalue weighted by Gasteiger charge is 2.33. The largest absolute Gasteiger partial charge is 0.302 e. The van der Waals surface area contributed by atoms with Crippen LogP contribution in [0.2, 0.25) is 0 Å². The van der Waals surface area contributed by atoms with Gasteiger partial charge in [0.1, 0.15) is 5.82 Å². The summed E-state index contributed by atoms with van der Waals surface area (Å²) in [6, 6.07) is 6.81. The molecule has 0 spiro atoms. The first-order chi connectivity index (χ1) is 8.63. The van der Waals surface area contributed by atoms with Gasteiger partial charge in [0.15, 0.2) is 0 Å². The maximum atomic E-state index is 12.8. The standard InChI is InChI=1S/C15H22FNS/c1-17(10-13-4-6-14(16)7-5-13)11-15(12-18)8-2-3-9-15/h4-7,18H,2-3,8-12H2,1H3. The van der Waals surface area contributed by atoms with Gasteiger partial charge in [-0.15, -0.1) is 0 Å². The van der Waals surface area contributed by atoms with Gasteiger partial charge >= 0.3 is 0 Å². The lowest BCUT2D eigenvalue weighted by Gasteiger charge is -2.32. The Morgan fingerprint density at radius 3 is 2.39 bits per heavy atom. The molecule has 0 radical (unpaired) electrons. The summed E-state index contributed by atoms with van der Waals surface area (Å²) in [6.45, 7) is 1.98. The minimum atomic E-state index is -0.163. The van der Waals surface area contributed by atoms with Crippen LogP contribution >= 0.6 is 12.6 Å². The van der Waals surface area contributed by atoms with E-state index in [0.29, 0.717) is 5.41 Å². The van der Waals surface area contributed by atoms with E-state index >= 15 is 0 Å². The second kappa shape index (κ2) is 6.07. The third-order valence-electron chi connectivity index (χ3n) is 3.97. The fraction of sp³-hybridized carbons (Fsp3) is 0.600. The molecule has 3 heteroatoms. The van der Waals surface area contributed by atoms with Gasteiger partial charge in [-0.1, -0.05) is 25.0 Å². The molecule has 1 aliphatic rings. The van der Waals surface area contributed by atoms with Crippen LogP contribution in [0.5, 0.6) is 0 Å². The molecule has 0 N–H and O–H groups in total. The summed E-state index contributed by atoms with van der Waals surface area (Å²) in [5, 5.41) is 0. The number of hydrogen-bond donors (Lipinski definition) is 1. The first-order valence-electron chi connectivity index (χ1n) is 6.67. The van der Waals surface area contributed by atoms with E-state index in [1.165, 1.54) is 43.4 Å². The molecule has 0 aromatic heterocycles. The van der Waals surface area contributed by atoms with Gasteiger partial charge in [0.05, 0.1) is 0 Å². The normalized spacial score (nSPS) is 18.4. The van der Waals surface area contributed by atoms with Crippen molar-refractivity contribution in [3.63, 3.8) is 0 Å². The molecule has 0 atom stereocenters. The van der Waals surface area contributed by atoms with E-state index in [4.69, 9.17) is 0 Å². The van der Waals surface area contributed by atoms with Gasteiger partial charge in [0, 0.05) is 13.1 Å². The molecule has 0 bridgehead atoms. The van der Waals surface area contributed by atoms with Gasteiger partial charge in [-0.3, -0.25) is 0 Å². The molecule has 0 unspecified atom stereocenters. The van der Waals surface area contributed by atoms with Gasteiger partial charge in [-0.2, -0.15) is 12.6 Å². The molecular formula is C15H22FNS. The Labute approximate surface area is 115 Å². The van der Waals surface area contributed by atoms with Crippen LogP contribution in [0.4, 0.5) is 4.39 Å². The number of nitrogens with zero attached hydrogens (tertiary/aromatic N) is 1. The molecule has 2 rings (SSSR count). The Bertz CT molecular complexity index is 371. The lowest BCUT2D eigenvalue weighted by Crippen LogP contribution is -2.34. The van der Waals surface area contributed by atoms with Crippen molar-refractivity contribution in [1.82, 2.24) is 4.90 Å². The molecule has 100 valence electrons. The molecule has 1 aromatic carbocycles. The first kappa shape index (κ1) is 13.9. The summed E-state index contributed by atoms with van der Waals surface area (Å²) < 4.78 is 12.8. The van der Waals surface area contributed by atoms with E-state index in [9.17, 15) is 4.39 Å². The Balaban J connectivity index is 1.91. The van der Waals surface area contributed by atoms with E-state index in [1.54, 1.807) is 0 Å². The van der Waals surface area contributed by atoms with Crippen LogP contribution in [0.25, 0.3) is 0 Å². The summed E-state index contributed by atoms with van der Waals surface area (Å²) in [6.07, 6.45) is 5.27. The quantitative estimate of drug-likeness (QED) is 0.795. The Kier molecular flexibility index (Phi) is 4.68. The Morgan fingerprint density at radius 1 is 1.22 bits per heavy atom. The maximum absolute atomic E-state index is 12.8. The third-order valence-corrected chi connectivity index (χ3v) is 4.64. The van der Waals surface area contributed by atoms with Gasteiger partial charge in [0.25, 0.3) is 0 Å². The highest BCUT2D eigenvalue weighted by molar-refractivity contribution is 7.80. The molecule has 0 amide bonds. The van der Waals surface area contributed by atoms with Crippen molar-refractivity contribution < 1.29 is 4.39 Å². The predicted octanol–water partition coefficient (Wildman–Crippen LogP) is 3.75. The minimum Gasteiger partial charge on any atom is -0.302 e.